The number of aliphatic hydroxyl groups excluding tert-OH is 1. The zero-order valence-corrected chi connectivity index (χ0v) is 11.6. The van der Waals surface area contributed by atoms with Gasteiger partial charge >= 0.3 is 0 Å². The SMILES string of the molecule is CCC(C)SCC(O)c1ccc(C)c(Cl)c1. The van der Waals surface area contributed by atoms with Crippen molar-refractivity contribution in [2.45, 2.75) is 38.5 Å². The third-order valence-corrected chi connectivity index (χ3v) is 4.51. The molecule has 0 radical (unpaired) electrons. The molecule has 2 unspecified atom stereocenters. The van der Waals surface area contributed by atoms with Gasteiger partial charge < -0.3 is 5.11 Å². The van der Waals surface area contributed by atoms with E-state index < -0.39 is 6.10 Å². The first-order valence-corrected chi connectivity index (χ1v) is 7.03. The molecular formula is C13H19ClOS. The molecule has 1 aromatic carbocycles. The van der Waals surface area contributed by atoms with Gasteiger partial charge in [-0.25, -0.2) is 0 Å². The van der Waals surface area contributed by atoms with Crippen LogP contribution in [0.3, 0.4) is 0 Å². The van der Waals surface area contributed by atoms with Crippen LogP contribution in [0.4, 0.5) is 0 Å². The first-order valence-electron chi connectivity index (χ1n) is 5.60. The van der Waals surface area contributed by atoms with Crippen molar-refractivity contribution in [3.63, 3.8) is 0 Å². The van der Waals surface area contributed by atoms with Crippen LogP contribution in [0.2, 0.25) is 5.02 Å². The van der Waals surface area contributed by atoms with Gasteiger partial charge in [0.05, 0.1) is 6.10 Å². The monoisotopic (exact) mass is 258 g/mol. The minimum Gasteiger partial charge on any atom is -0.388 e. The molecule has 0 fully saturated rings. The summed E-state index contributed by atoms with van der Waals surface area (Å²) in [6.45, 7) is 6.30. The lowest BCUT2D eigenvalue weighted by Crippen LogP contribution is -2.04. The van der Waals surface area contributed by atoms with Crippen LogP contribution < -0.4 is 0 Å². The zero-order chi connectivity index (χ0) is 12.1. The third kappa shape index (κ3) is 4.00. The lowest BCUT2D eigenvalue weighted by molar-refractivity contribution is 0.204. The molecule has 0 spiro atoms. The molecule has 0 bridgehead atoms. The number of rotatable bonds is 5. The molecule has 1 rings (SSSR count). The standard InChI is InChI=1S/C13H19ClOS/c1-4-10(3)16-8-13(15)11-6-5-9(2)12(14)7-11/h5-7,10,13,15H,4,8H2,1-3H3. The molecule has 0 aliphatic carbocycles. The van der Waals surface area contributed by atoms with E-state index in [0.717, 1.165) is 28.3 Å². The van der Waals surface area contributed by atoms with Gasteiger partial charge in [-0.05, 0) is 30.5 Å². The second-order valence-electron chi connectivity index (χ2n) is 4.08. The molecule has 1 nitrogen and oxygen atoms in total. The van der Waals surface area contributed by atoms with Crippen molar-refractivity contribution in [1.29, 1.82) is 0 Å². The van der Waals surface area contributed by atoms with E-state index in [0.29, 0.717) is 5.25 Å². The number of hydrogen-bond acceptors (Lipinski definition) is 2. The molecule has 0 aliphatic heterocycles. The quantitative estimate of drug-likeness (QED) is 0.854. The van der Waals surface area contributed by atoms with Crippen molar-refractivity contribution in [3.8, 4) is 0 Å². The number of aryl methyl sites for hydroxylation is 1. The van der Waals surface area contributed by atoms with Gasteiger partial charge in [-0.15, -0.1) is 0 Å². The molecule has 1 aromatic rings. The van der Waals surface area contributed by atoms with E-state index in [1.807, 2.05) is 25.1 Å². The highest BCUT2D eigenvalue weighted by Crippen LogP contribution is 2.25. The zero-order valence-electron chi connectivity index (χ0n) is 10.0. The molecule has 0 saturated carbocycles. The second kappa shape index (κ2) is 6.53. The summed E-state index contributed by atoms with van der Waals surface area (Å²) in [4.78, 5) is 0. The van der Waals surface area contributed by atoms with Crippen molar-refractivity contribution in [1.82, 2.24) is 0 Å². The molecule has 1 N–H and O–H groups in total. The lowest BCUT2D eigenvalue weighted by Gasteiger charge is -2.14. The molecular weight excluding hydrogens is 240 g/mol. The second-order valence-corrected chi connectivity index (χ2v) is 5.96. The maximum Gasteiger partial charge on any atom is 0.0881 e. The molecule has 0 heterocycles. The van der Waals surface area contributed by atoms with E-state index in [1.165, 1.54) is 0 Å². The maximum atomic E-state index is 10.0. The van der Waals surface area contributed by atoms with Crippen LogP contribution >= 0.6 is 23.4 Å². The summed E-state index contributed by atoms with van der Waals surface area (Å²) in [5, 5.41) is 11.3. The molecule has 0 aliphatic rings. The van der Waals surface area contributed by atoms with Crippen LogP contribution in [0.1, 0.15) is 37.5 Å². The number of thioether (sulfide) groups is 1. The van der Waals surface area contributed by atoms with Crippen molar-refractivity contribution in [2.24, 2.45) is 0 Å². The van der Waals surface area contributed by atoms with Crippen LogP contribution in [0, 0.1) is 6.92 Å². The largest absolute Gasteiger partial charge is 0.388 e. The van der Waals surface area contributed by atoms with Crippen LogP contribution in [-0.2, 0) is 0 Å². The van der Waals surface area contributed by atoms with Gasteiger partial charge in [0.25, 0.3) is 0 Å². The predicted molar refractivity (Wildman–Crippen MR) is 73.4 cm³/mol. The smallest absolute Gasteiger partial charge is 0.0881 e. The molecule has 0 amide bonds. The molecule has 2 atom stereocenters. The van der Waals surface area contributed by atoms with E-state index in [2.05, 4.69) is 13.8 Å². The van der Waals surface area contributed by atoms with Crippen LogP contribution in [0.15, 0.2) is 18.2 Å². The molecule has 3 heteroatoms. The van der Waals surface area contributed by atoms with Gasteiger partial charge in [0.15, 0.2) is 0 Å². The molecule has 90 valence electrons. The normalized spacial score (nSPS) is 14.8. The number of benzene rings is 1. The summed E-state index contributed by atoms with van der Waals surface area (Å²) in [7, 11) is 0. The fourth-order valence-electron chi connectivity index (χ4n) is 1.29. The van der Waals surface area contributed by atoms with Gasteiger partial charge in [0.1, 0.15) is 0 Å². The highest BCUT2D eigenvalue weighted by molar-refractivity contribution is 7.99. The molecule has 0 saturated heterocycles. The van der Waals surface area contributed by atoms with E-state index in [9.17, 15) is 5.11 Å². The Morgan fingerprint density at radius 1 is 1.44 bits per heavy atom. The Labute approximate surface area is 107 Å². The van der Waals surface area contributed by atoms with Crippen LogP contribution in [-0.4, -0.2) is 16.1 Å². The average Bonchev–Trinajstić information content (AvgIpc) is 2.29. The Morgan fingerprint density at radius 2 is 2.12 bits per heavy atom. The third-order valence-electron chi connectivity index (χ3n) is 2.69. The minimum atomic E-state index is -0.419. The van der Waals surface area contributed by atoms with Crippen LogP contribution in [0.5, 0.6) is 0 Å². The summed E-state index contributed by atoms with van der Waals surface area (Å²) < 4.78 is 0. The average molecular weight is 259 g/mol. The Balaban J connectivity index is 2.59. The van der Waals surface area contributed by atoms with E-state index >= 15 is 0 Å². The summed E-state index contributed by atoms with van der Waals surface area (Å²) in [6, 6.07) is 5.76. The molecule has 0 aromatic heterocycles. The highest BCUT2D eigenvalue weighted by atomic mass is 35.5. The maximum absolute atomic E-state index is 10.0. The number of halogens is 1. The Morgan fingerprint density at radius 3 is 2.69 bits per heavy atom. The predicted octanol–water partition coefficient (Wildman–Crippen LogP) is 4.21. The summed E-state index contributed by atoms with van der Waals surface area (Å²) in [5.74, 6) is 0.731. The fourth-order valence-corrected chi connectivity index (χ4v) is 2.41. The van der Waals surface area contributed by atoms with E-state index in [1.54, 1.807) is 11.8 Å². The van der Waals surface area contributed by atoms with Crippen molar-refractivity contribution in [2.75, 3.05) is 5.75 Å². The van der Waals surface area contributed by atoms with Crippen molar-refractivity contribution < 1.29 is 5.11 Å². The topological polar surface area (TPSA) is 20.2 Å². The fraction of sp³-hybridized carbons (Fsp3) is 0.538. The first kappa shape index (κ1) is 13.9. The Bertz CT molecular complexity index is 341. The molecule has 16 heavy (non-hydrogen) atoms. The summed E-state index contributed by atoms with van der Waals surface area (Å²) in [5.41, 5.74) is 1.96. The summed E-state index contributed by atoms with van der Waals surface area (Å²) >= 11 is 7.83. The van der Waals surface area contributed by atoms with Crippen LogP contribution in [0.25, 0.3) is 0 Å². The first-order chi connectivity index (χ1) is 7.54. The number of aliphatic hydroxyl groups is 1. The van der Waals surface area contributed by atoms with Gasteiger partial charge in [-0.2, -0.15) is 11.8 Å². The van der Waals surface area contributed by atoms with Gasteiger partial charge in [0, 0.05) is 16.0 Å². The van der Waals surface area contributed by atoms with Gasteiger partial charge in [-0.1, -0.05) is 37.6 Å². The van der Waals surface area contributed by atoms with E-state index in [4.69, 9.17) is 11.6 Å². The summed E-state index contributed by atoms with van der Waals surface area (Å²) in [6.07, 6.45) is 0.712. The van der Waals surface area contributed by atoms with Gasteiger partial charge in [-0.3, -0.25) is 0 Å². The minimum absolute atomic E-state index is 0.419. The van der Waals surface area contributed by atoms with E-state index in [-0.39, 0.29) is 0 Å². The van der Waals surface area contributed by atoms with Crippen molar-refractivity contribution in [3.05, 3.63) is 34.3 Å². The highest BCUT2D eigenvalue weighted by Gasteiger charge is 2.10. The lowest BCUT2D eigenvalue weighted by atomic mass is 10.1. The van der Waals surface area contributed by atoms with Crippen molar-refractivity contribution >= 4 is 23.4 Å². The van der Waals surface area contributed by atoms with Gasteiger partial charge in [0.2, 0.25) is 0 Å². The Kier molecular flexibility index (Phi) is 5.67. The Hall–Kier alpha value is -0.180. The number of hydrogen-bond donors (Lipinski definition) is 1.